The predicted molar refractivity (Wildman–Crippen MR) is 58.9 cm³/mol. The molecule has 15 heavy (non-hydrogen) atoms. The van der Waals surface area contributed by atoms with Gasteiger partial charge in [0.2, 0.25) is 5.91 Å². The first-order valence-corrected chi connectivity index (χ1v) is 5.50. The van der Waals surface area contributed by atoms with Crippen LogP contribution >= 0.6 is 23.2 Å². The number of hydrogen-bond donors (Lipinski definition) is 0. The van der Waals surface area contributed by atoms with Crippen molar-refractivity contribution in [3.63, 3.8) is 0 Å². The van der Waals surface area contributed by atoms with Gasteiger partial charge in [-0.15, -0.1) is 11.6 Å². The largest absolute Gasteiger partial charge is 0.335 e. The molecule has 0 spiro atoms. The highest BCUT2D eigenvalue weighted by atomic mass is 35.5. The third-order valence-electron chi connectivity index (χ3n) is 2.29. The van der Waals surface area contributed by atoms with Crippen LogP contribution in [0.3, 0.4) is 0 Å². The number of alkyl halides is 1. The number of halogens is 2. The summed E-state index contributed by atoms with van der Waals surface area (Å²) in [5.41, 5.74) is 0.793. The normalized spacial score (nSPS) is 21.1. The highest BCUT2D eigenvalue weighted by Crippen LogP contribution is 2.18. The van der Waals surface area contributed by atoms with Crippen LogP contribution in [0.15, 0.2) is 18.2 Å². The van der Waals surface area contributed by atoms with Gasteiger partial charge in [0.1, 0.15) is 5.15 Å². The van der Waals surface area contributed by atoms with Gasteiger partial charge in [-0.3, -0.25) is 4.79 Å². The van der Waals surface area contributed by atoms with Crippen LogP contribution in [0.5, 0.6) is 0 Å². The number of amides is 1. The Bertz CT molecular complexity index is 383. The second-order valence-corrected chi connectivity index (χ2v) is 4.53. The summed E-state index contributed by atoms with van der Waals surface area (Å²) in [5.74, 6) is 0.0803. The second kappa shape index (κ2) is 4.37. The molecular weight excluding hydrogens is 235 g/mol. The average molecular weight is 245 g/mol. The summed E-state index contributed by atoms with van der Waals surface area (Å²) in [6.45, 7) is 1.08. The Morgan fingerprint density at radius 2 is 2.33 bits per heavy atom. The number of rotatable bonds is 2. The zero-order chi connectivity index (χ0) is 10.8. The van der Waals surface area contributed by atoms with Crippen molar-refractivity contribution in [3.05, 3.63) is 29.0 Å². The van der Waals surface area contributed by atoms with E-state index in [2.05, 4.69) is 4.98 Å². The minimum atomic E-state index is -0.0725. The van der Waals surface area contributed by atoms with Gasteiger partial charge >= 0.3 is 0 Å². The summed E-state index contributed by atoms with van der Waals surface area (Å²) in [6.07, 6.45) is 0.419. The van der Waals surface area contributed by atoms with Crippen LogP contribution in [-0.2, 0) is 11.3 Å². The van der Waals surface area contributed by atoms with E-state index in [9.17, 15) is 4.79 Å². The topological polar surface area (TPSA) is 33.2 Å². The van der Waals surface area contributed by atoms with Crippen molar-refractivity contribution in [1.29, 1.82) is 0 Å². The molecule has 1 amide bonds. The lowest BCUT2D eigenvalue weighted by molar-refractivity contribution is -0.128. The molecule has 0 radical (unpaired) electrons. The minimum Gasteiger partial charge on any atom is -0.335 e. The Labute approximate surface area is 98.0 Å². The van der Waals surface area contributed by atoms with Crippen molar-refractivity contribution >= 4 is 29.1 Å². The highest BCUT2D eigenvalue weighted by molar-refractivity contribution is 6.29. The number of nitrogens with zero attached hydrogens (tertiary/aromatic N) is 2. The summed E-state index contributed by atoms with van der Waals surface area (Å²) in [6, 6.07) is 5.38. The Hall–Kier alpha value is -0.800. The Morgan fingerprint density at radius 3 is 2.93 bits per heavy atom. The number of pyridine rings is 1. The van der Waals surface area contributed by atoms with Crippen molar-refractivity contribution in [3.8, 4) is 0 Å². The molecule has 0 aliphatic carbocycles. The molecule has 1 atom stereocenters. The van der Waals surface area contributed by atoms with Crippen molar-refractivity contribution in [2.24, 2.45) is 0 Å². The average Bonchev–Trinajstić information content (AvgIpc) is 2.45. The molecule has 2 rings (SSSR count). The molecule has 3 nitrogen and oxygen atoms in total. The van der Waals surface area contributed by atoms with Crippen LogP contribution in [0, 0.1) is 0 Å². The van der Waals surface area contributed by atoms with E-state index in [1.165, 1.54) is 0 Å². The van der Waals surface area contributed by atoms with Gasteiger partial charge in [0.25, 0.3) is 0 Å². The van der Waals surface area contributed by atoms with Crippen LogP contribution in [0.1, 0.15) is 12.1 Å². The molecule has 1 aromatic heterocycles. The molecule has 80 valence electrons. The Kier molecular flexibility index (Phi) is 3.12. The number of carbonyl (C=O) groups excluding carboxylic acids is 1. The fourth-order valence-corrected chi connectivity index (χ4v) is 2.09. The van der Waals surface area contributed by atoms with Crippen LogP contribution < -0.4 is 0 Å². The van der Waals surface area contributed by atoms with Gasteiger partial charge in [0, 0.05) is 13.0 Å². The van der Waals surface area contributed by atoms with E-state index >= 15 is 0 Å². The minimum absolute atomic E-state index is 0.0725. The maximum atomic E-state index is 11.5. The summed E-state index contributed by atoms with van der Waals surface area (Å²) < 4.78 is 0. The van der Waals surface area contributed by atoms with Gasteiger partial charge in [-0.2, -0.15) is 0 Å². The van der Waals surface area contributed by atoms with Crippen LogP contribution in [0.25, 0.3) is 0 Å². The number of hydrogen-bond acceptors (Lipinski definition) is 2. The third kappa shape index (κ3) is 2.61. The first-order valence-electron chi connectivity index (χ1n) is 4.68. The molecule has 1 aliphatic rings. The molecule has 0 N–H and O–H groups in total. The first kappa shape index (κ1) is 10.7. The standard InChI is InChI=1S/C10H10Cl2N2O/c11-7-4-10(15)14(5-7)6-8-2-1-3-9(12)13-8/h1-3,7H,4-6H2. The smallest absolute Gasteiger partial charge is 0.224 e. The van der Waals surface area contributed by atoms with Gasteiger partial charge in [0.05, 0.1) is 17.6 Å². The molecule has 1 aromatic rings. The molecule has 0 bridgehead atoms. The Balaban J connectivity index is 2.06. The quantitative estimate of drug-likeness (QED) is 0.590. The lowest BCUT2D eigenvalue weighted by atomic mass is 10.3. The molecule has 2 heterocycles. The predicted octanol–water partition coefficient (Wildman–Crippen LogP) is 2.07. The molecule has 0 aromatic carbocycles. The fraction of sp³-hybridized carbons (Fsp3) is 0.400. The fourth-order valence-electron chi connectivity index (χ4n) is 1.61. The molecule has 1 fully saturated rings. The van der Waals surface area contributed by atoms with Crippen LogP contribution in [0.4, 0.5) is 0 Å². The van der Waals surface area contributed by atoms with Gasteiger partial charge in [-0.1, -0.05) is 17.7 Å². The maximum Gasteiger partial charge on any atom is 0.224 e. The number of aromatic nitrogens is 1. The summed E-state index contributed by atoms with van der Waals surface area (Å²) in [5, 5.41) is 0.373. The lowest BCUT2D eigenvalue weighted by Crippen LogP contribution is -2.25. The zero-order valence-electron chi connectivity index (χ0n) is 7.99. The third-order valence-corrected chi connectivity index (χ3v) is 2.80. The molecule has 0 saturated carbocycles. The zero-order valence-corrected chi connectivity index (χ0v) is 9.50. The highest BCUT2D eigenvalue weighted by Gasteiger charge is 2.27. The van der Waals surface area contributed by atoms with Gasteiger partial charge in [-0.25, -0.2) is 4.98 Å². The molecule has 1 saturated heterocycles. The molecule has 1 unspecified atom stereocenters. The van der Waals surface area contributed by atoms with Gasteiger partial charge < -0.3 is 4.90 Å². The number of carbonyl (C=O) groups is 1. The molecular formula is C10H10Cl2N2O. The van der Waals surface area contributed by atoms with E-state index in [1.54, 1.807) is 11.0 Å². The second-order valence-electron chi connectivity index (χ2n) is 3.53. The van der Waals surface area contributed by atoms with E-state index in [0.29, 0.717) is 24.7 Å². The van der Waals surface area contributed by atoms with Crippen molar-refractivity contribution < 1.29 is 4.79 Å². The van der Waals surface area contributed by atoms with E-state index in [-0.39, 0.29) is 11.3 Å². The monoisotopic (exact) mass is 244 g/mol. The Morgan fingerprint density at radius 1 is 1.53 bits per heavy atom. The summed E-state index contributed by atoms with van der Waals surface area (Å²) in [4.78, 5) is 17.3. The van der Waals surface area contributed by atoms with Gasteiger partial charge in [0.15, 0.2) is 0 Å². The lowest BCUT2D eigenvalue weighted by Gasteiger charge is -2.14. The number of likely N-dealkylation sites (tertiary alicyclic amines) is 1. The SMILES string of the molecule is O=C1CC(Cl)CN1Cc1cccc(Cl)n1. The van der Waals surface area contributed by atoms with Gasteiger partial charge in [-0.05, 0) is 12.1 Å². The van der Waals surface area contributed by atoms with E-state index in [1.807, 2.05) is 12.1 Å². The first-order chi connectivity index (χ1) is 7.15. The summed E-state index contributed by atoms with van der Waals surface area (Å²) in [7, 11) is 0. The molecule has 5 heteroatoms. The summed E-state index contributed by atoms with van der Waals surface area (Å²) >= 11 is 11.6. The van der Waals surface area contributed by atoms with E-state index in [0.717, 1.165) is 5.69 Å². The van der Waals surface area contributed by atoms with Crippen molar-refractivity contribution in [1.82, 2.24) is 9.88 Å². The van der Waals surface area contributed by atoms with Crippen LogP contribution in [-0.4, -0.2) is 27.7 Å². The van der Waals surface area contributed by atoms with E-state index in [4.69, 9.17) is 23.2 Å². The van der Waals surface area contributed by atoms with Crippen molar-refractivity contribution in [2.75, 3.05) is 6.54 Å². The van der Waals surface area contributed by atoms with Crippen molar-refractivity contribution in [2.45, 2.75) is 18.3 Å². The van der Waals surface area contributed by atoms with Crippen LogP contribution in [0.2, 0.25) is 5.15 Å². The van der Waals surface area contributed by atoms with E-state index < -0.39 is 0 Å². The molecule has 1 aliphatic heterocycles. The maximum absolute atomic E-state index is 11.5.